The van der Waals surface area contributed by atoms with E-state index in [1.807, 2.05) is 12.1 Å². The average molecular weight is 231 g/mol. The van der Waals surface area contributed by atoms with Gasteiger partial charge in [0.2, 0.25) is 0 Å². The summed E-state index contributed by atoms with van der Waals surface area (Å²) in [4.78, 5) is 0. The maximum atomic E-state index is 5.92. The number of halogens is 2. The van der Waals surface area contributed by atoms with Crippen LogP contribution < -0.4 is 0 Å². The third-order valence-corrected chi connectivity index (χ3v) is 2.52. The molecule has 0 atom stereocenters. The highest BCUT2D eigenvalue weighted by Crippen LogP contribution is 2.24. The van der Waals surface area contributed by atoms with Crippen molar-refractivity contribution in [1.82, 2.24) is 0 Å². The van der Waals surface area contributed by atoms with Crippen LogP contribution in [0.4, 0.5) is 0 Å². The first-order chi connectivity index (χ1) is 6.37. The molecule has 0 heterocycles. The van der Waals surface area contributed by atoms with Gasteiger partial charge in [-0.15, -0.1) is 0 Å². The van der Waals surface area contributed by atoms with Crippen molar-refractivity contribution in [2.75, 3.05) is 0 Å². The van der Waals surface area contributed by atoms with Crippen LogP contribution in [-0.4, -0.2) is 0 Å². The van der Waals surface area contributed by atoms with Gasteiger partial charge in [0.25, 0.3) is 0 Å². The molecule has 0 radical (unpaired) electrons. The number of rotatable bonds is 2. The van der Waals surface area contributed by atoms with E-state index in [2.05, 4.69) is 20.8 Å². The first kappa shape index (κ1) is 11.9. The minimum atomic E-state index is 0.356. The van der Waals surface area contributed by atoms with Gasteiger partial charge < -0.3 is 0 Å². The Morgan fingerprint density at radius 2 is 1.50 bits per heavy atom. The van der Waals surface area contributed by atoms with E-state index in [-0.39, 0.29) is 0 Å². The fourth-order valence-corrected chi connectivity index (χ4v) is 1.85. The van der Waals surface area contributed by atoms with E-state index in [9.17, 15) is 0 Å². The van der Waals surface area contributed by atoms with Gasteiger partial charge in [-0.05, 0) is 42.0 Å². The van der Waals surface area contributed by atoms with Crippen molar-refractivity contribution in [2.24, 2.45) is 5.41 Å². The molecule has 1 aromatic carbocycles. The topological polar surface area (TPSA) is 0 Å². The van der Waals surface area contributed by atoms with Crippen molar-refractivity contribution < 1.29 is 0 Å². The van der Waals surface area contributed by atoms with Crippen LogP contribution in [-0.2, 0) is 6.42 Å². The van der Waals surface area contributed by atoms with E-state index in [1.54, 1.807) is 6.07 Å². The molecule has 0 saturated heterocycles. The molecule has 0 saturated carbocycles. The summed E-state index contributed by atoms with van der Waals surface area (Å²) in [5, 5.41) is 1.45. The Balaban J connectivity index is 2.68. The second-order valence-corrected chi connectivity index (χ2v) is 5.71. The SMILES string of the molecule is CC(C)(C)CCc1cc(Cl)cc(Cl)c1. The van der Waals surface area contributed by atoms with Crippen molar-refractivity contribution in [3.63, 3.8) is 0 Å². The number of aryl methyl sites for hydroxylation is 1. The van der Waals surface area contributed by atoms with Crippen molar-refractivity contribution in [2.45, 2.75) is 33.6 Å². The molecule has 1 rings (SSSR count). The number of hydrogen-bond donors (Lipinski definition) is 0. The molecule has 0 spiro atoms. The van der Waals surface area contributed by atoms with E-state index < -0.39 is 0 Å². The second-order valence-electron chi connectivity index (χ2n) is 4.84. The summed E-state index contributed by atoms with van der Waals surface area (Å²) < 4.78 is 0. The first-order valence-corrected chi connectivity index (χ1v) is 5.57. The number of hydrogen-bond acceptors (Lipinski definition) is 0. The molecule has 14 heavy (non-hydrogen) atoms. The van der Waals surface area contributed by atoms with Gasteiger partial charge in [0.15, 0.2) is 0 Å². The maximum Gasteiger partial charge on any atom is 0.0423 e. The van der Waals surface area contributed by atoms with Crippen molar-refractivity contribution >= 4 is 23.2 Å². The van der Waals surface area contributed by atoms with Crippen LogP contribution in [0.15, 0.2) is 18.2 Å². The smallest absolute Gasteiger partial charge is 0.0423 e. The zero-order chi connectivity index (χ0) is 10.8. The minimum absolute atomic E-state index is 0.356. The van der Waals surface area contributed by atoms with Gasteiger partial charge in [0.1, 0.15) is 0 Å². The van der Waals surface area contributed by atoms with Gasteiger partial charge in [-0.25, -0.2) is 0 Å². The maximum absolute atomic E-state index is 5.92. The second kappa shape index (κ2) is 4.55. The quantitative estimate of drug-likeness (QED) is 0.673. The monoisotopic (exact) mass is 230 g/mol. The third-order valence-electron chi connectivity index (χ3n) is 2.09. The van der Waals surface area contributed by atoms with E-state index in [4.69, 9.17) is 23.2 Å². The van der Waals surface area contributed by atoms with Gasteiger partial charge in [-0.3, -0.25) is 0 Å². The zero-order valence-corrected chi connectivity index (χ0v) is 10.4. The molecular formula is C12H16Cl2. The molecule has 2 heteroatoms. The van der Waals surface area contributed by atoms with Crippen LogP contribution in [0.2, 0.25) is 10.0 Å². The van der Waals surface area contributed by atoms with Crippen LogP contribution in [0.5, 0.6) is 0 Å². The van der Waals surface area contributed by atoms with Crippen LogP contribution in [0.3, 0.4) is 0 Å². The van der Waals surface area contributed by atoms with Crippen molar-refractivity contribution in [3.05, 3.63) is 33.8 Å². The van der Waals surface area contributed by atoms with Crippen molar-refractivity contribution in [1.29, 1.82) is 0 Å². The molecule has 0 fully saturated rings. The summed E-state index contributed by atoms with van der Waals surface area (Å²) >= 11 is 11.8. The molecule has 0 unspecified atom stereocenters. The van der Waals surface area contributed by atoms with Gasteiger partial charge in [0.05, 0.1) is 0 Å². The molecule has 0 aliphatic carbocycles. The Morgan fingerprint density at radius 1 is 1.00 bits per heavy atom. The summed E-state index contributed by atoms with van der Waals surface area (Å²) in [5.74, 6) is 0. The van der Waals surface area contributed by atoms with E-state index in [0.29, 0.717) is 5.41 Å². The Bertz CT molecular complexity index is 290. The molecule has 0 amide bonds. The predicted molar refractivity (Wildman–Crippen MR) is 64.2 cm³/mol. The molecule has 1 aromatic rings. The lowest BCUT2D eigenvalue weighted by Gasteiger charge is -2.17. The molecule has 0 aliphatic rings. The summed E-state index contributed by atoms with van der Waals surface area (Å²) in [6.07, 6.45) is 2.17. The highest BCUT2D eigenvalue weighted by molar-refractivity contribution is 6.34. The van der Waals surface area contributed by atoms with Gasteiger partial charge >= 0.3 is 0 Å². The van der Waals surface area contributed by atoms with Gasteiger partial charge in [0, 0.05) is 10.0 Å². The largest absolute Gasteiger partial charge is 0.0843 e. The Labute approximate surface area is 96.2 Å². The Hall–Kier alpha value is -0.200. The van der Waals surface area contributed by atoms with Crippen LogP contribution in [0, 0.1) is 5.41 Å². The highest BCUT2D eigenvalue weighted by Gasteiger charge is 2.10. The molecule has 78 valence electrons. The summed E-state index contributed by atoms with van der Waals surface area (Å²) in [7, 11) is 0. The molecular weight excluding hydrogens is 215 g/mol. The summed E-state index contributed by atoms with van der Waals surface area (Å²) in [5.41, 5.74) is 1.58. The molecule has 0 aliphatic heterocycles. The normalized spacial score (nSPS) is 11.8. The molecule has 0 nitrogen and oxygen atoms in total. The van der Waals surface area contributed by atoms with Crippen molar-refractivity contribution in [3.8, 4) is 0 Å². The highest BCUT2D eigenvalue weighted by atomic mass is 35.5. The molecule has 0 N–H and O–H groups in total. The molecule has 0 aromatic heterocycles. The fourth-order valence-electron chi connectivity index (χ4n) is 1.27. The van der Waals surface area contributed by atoms with E-state index in [0.717, 1.165) is 22.9 Å². The van der Waals surface area contributed by atoms with Gasteiger partial charge in [-0.1, -0.05) is 44.0 Å². The third kappa shape index (κ3) is 4.34. The fraction of sp³-hybridized carbons (Fsp3) is 0.500. The van der Waals surface area contributed by atoms with Gasteiger partial charge in [-0.2, -0.15) is 0 Å². The van der Waals surface area contributed by atoms with Crippen LogP contribution in [0.1, 0.15) is 32.8 Å². The van der Waals surface area contributed by atoms with Crippen LogP contribution >= 0.6 is 23.2 Å². The average Bonchev–Trinajstić information content (AvgIpc) is 1.97. The van der Waals surface area contributed by atoms with E-state index in [1.165, 1.54) is 5.56 Å². The molecule has 0 bridgehead atoms. The Morgan fingerprint density at radius 3 is 1.93 bits per heavy atom. The van der Waals surface area contributed by atoms with E-state index >= 15 is 0 Å². The summed E-state index contributed by atoms with van der Waals surface area (Å²) in [6, 6.07) is 5.74. The Kier molecular flexibility index (Phi) is 3.86. The summed E-state index contributed by atoms with van der Waals surface area (Å²) in [6.45, 7) is 6.71. The minimum Gasteiger partial charge on any atom is -0.0843 e. The number of benzene rings is 1. The first-order valence-electron chi connectivity index (χ1n) is 4.82. The zero-order valence-electron chi connectivity index (χ0n) is 8.90. The lowest BCUT2D eigenvalue weighted by Crippen LogP contribution is -2.06. The standard InChI is InChI=1S/C12H16Cl2/c1-12(2,3)5-4-9-6-10(13)8-11(14)7-9/h6-8H,4-5H2,1-3H3. The lowest BCUT2D eigenvalue weighted by molar-refractivity contribution is 0.378. The predicted octanol–water partition coefficient (Wildman–Crippen LogP) is 4.97. The lowest BCUT2D eigenvalue weighted by atomic mass is 9.89. The van der Waals surface area contributed by atoms with Crippen LogP contribution in [0.25, 0.3) is 0 Å².